The van der Waals surface area contributed by atoms with Crippen LogP contribution in [0.15, 0.2) is 11.4 Å². The average molecular weight is 218 g/mol. The molecule has 4 heteroatoms. The largest absolute Gasteiger partial charge is 0.396 e. The molecule has 13 heavy (non-hydrogen) atoms. The Morgan fingerprint density at radius 1 is 1.62 bits per heavy atom. The summed E-state index contributed by atoms with van der Waals surface area (Å²) in [5.41, 5.74) is 0.0501. The Morgan fingerprint density at radius 2 is 2.38 bits per heavy atom. The van der Waals surface area contributed by atoms with Crippen molar-refractivity contribution in [2.75, 3.05) is 19.7 Å². The van der Waals surface area contributed by atoms with E-state index in [0.717, 1.165) is 24.5 Å². The molecular formula is C9H12ClNOS. The van der Waals surface area contributed by atoms with Gasteiger partial charge < -0.3 is 10.4 Å². The molecule has 0 aliphatic carbocycles. The zero-order valence-corrected chi connectivity index (χ0v) is 8.79. The molecule has 72 valence electrons. The lowest BCUT2D eigenvalue weighted by molar-refractivity contribution is 0.0695. The van der Waals surface area contributed by atoms with E-state index in [2.05, 4.69) is 5.32 Å². The predicted octanol–water partition coefficient (Wildman–Crippen LogP) is 1.53. The molecule has 0 bridgehead atoms. The Balaban J connectivity index is 2.08. The summed E-state index contributed by atoms with van der Waals surface area (Å²) in [5.74, 6) is 0. The first-order chi connectivity index (χ1) is 6.26. The molecule has 1 aromatic heterocycles. The van der Waals surface area contributed by atoms with E-state index in [-0.39, 0.29) is 12.0 Å². The highest BCUT2D eigenvalue weighted by Gasteiger charge is 2.37. The number of thiophene rings is 1. The summed E-state index contributed by atoms with van der Waals surface area (Å²) in [5, 5.41) is 15.3. The maximum absolute atomic E-state index is 9.25. The van der Waals surface area contributed by atoms with Gasteiger partial charge in [-0.05, 0) is 17.9 Å². The molecule has 0 radical (unpaired) electrons. The molecule has 2 nitrogen and oxygen atoms in total. The van der Waals surface area contributed by atoms with Crippen molar-refractivity contribution in [3.8, 4) is 0 Å². The van der Waals surface area contributed by atoms with Crippen molar-refractivity contribution in [2.24, 2.45) is 5.41 Å². The summed E-state index contributed by atoms with van der Waals surface area (Å²) < 4.78 is 0. The lowest BCUT2D eigenvalue weighted by atomic mass is 9.79. The molecule has 1 fully saturated rings. The van der Waals surface area contributed by atoms with Gasteiger partial charge in [0.25, 0.3) is 0 Å². The van der Waals surface area contributed by atoms with E-state index in [4.69, 9.17) is 11.6 Å². The second-order valence-corrected chi connectivity index (χ2v) is 5.04. The molecule has 0 amide bonds. The molecule has 0 unspecified atom stereocenters. The molecule has 1 aromatic rings. The summed E-state index contributed by atoms with van der Waals surface area (Å²) in [6.07, 6.45) is 0.896. The molecule has 2 rings (SSSR count). The minimum absolute atomic E-state index is 0.0501. The summed E-state index contributed by atoms with van der Waals surface area (Å²) in [6, 6.07) is 1.92. The zero-order valence-electron chi connectivity index (χ0n) is 7.22. The van der Waals surface area contributed by atoms with Crippen LogP contribution in [-0.2, 0) is 6.42 Å². The van der Waals surface area contributed by atoms with Crippen LogP contribution in [0.2, 0.25) is 5.02 Å². The normalized spacial score (nSPS) is 19.8. The molecular weight excluding hydrogens is 206 g/mol. The van der Waals surface area contributed by atoms with Crippen molar-refractivity contribution in [3.05, 3.63) is 21.3 Å². The average Bonchev–Trinajstić information content (AvgIpc) is 2.44. The van der Waals surface area contributed by atoms with Gasteiger partial charge in [0.1, 0.15) is 0 Å². The Hall–Kier alpha value is -0.0900. The minimum Gasteiger partial charge on any atom is -0.396 e. The Bertz CT molecular complexity index is 290. The second kappa shape index (κ2) is 3.58. The molecule has 2 heterocycles. The van der Waals surface area contributed by atoms with E-state index >= 15 is 0 Å². The van der Waals surface area contributed by atoms with Crippen LogP contribution in [0.5, 0.6) is 0 Å². The Labute approximate surface area is 86.5 Å². The first kappa shape index (κ1) is 9.46. The summed E-state index contributed by atoms with van der Waals surface area (Å²) >= 11 is 7.66. The second-order valence-electron chi connectivity index (χ2n) is 3.63. The number of rotatable bonds is 3. The third kappa shape index (κ3) is 1.74. The number of aliphatic hydroxyl groups excluding tert-OH is 1. The minimum atomic E-state index is 0.0501. The van der Waals surface area contributed by atoms with Gasteiger partial charge in [-0.2, -0.15) is 0 Å². The lowest BCUT2D eigenvalue weighted by Gasteiger charge is -2.41. The van der Waals surface area contributed by atoms with Crippen LogP contribution in [0.4, 0.5) is 0 Å². The molecule has 2 N–H and O–H groups in total. The van der Waals surface area contributed by atoms with E-state index in [0.29, 0.717) is 0 Å². The number of nitrogens with one attached hydrogen (secondary N) is 1. The number of aliphatic hydroxyl groups is 1. The van der Waals surface area contributed by atoms with Gasteiger partial charge in [-0.3, -0.25) is 0 Å². The van der Waals surface area contributed by atoms with Crippen molar-refractivity contribution in [2.45, 2.75) is 6.42 Å². The highest BCUT2D eigenvalue weighted by atomic mass is 35.5. The van der Waals surface area contributed by atoms with Gasteiger partial charge >= 0.3 is 0 Å². The van der Waals surface area contributed by atoms with Crippen LogP contribution in [0.1, 0.15) is 4.88 Å². The van der Waals surface area contributed by atoms with Gasteiger partial charge in [-0.25, -0.2) is 0 Å². The molecule has 0 atom stereocenters. The summed E-state index contributed by atoms with van der Waals surface area (Å²) in [4.78, 5) is 1.19. The summed E-state index contributed by atoms with van der Waals surface area (Å²) in [7, 11) is 0. The van der Waals surface area contributed by atoms with Crippen molar-refractivity contribution < 1.29 is 5.11 Å². The topological polar surface area (TPSA) is 32.3 Å². The van der Waals surface area contributed by atoms with E-state index in [1.807, 2.05) is 11.4 Å². The first-order valence-electron chi connectivity index (χ1n) is 4.29. The zero-order chi connectivity index (χ0) is 9.31. The first-order valence-corrected chi connectivity index (χ1v) is 5.55. The van der Waals surface area contributed by atoms with Crippen molar-refractivity contribution in [1.29, 1.82) is 0 Å². The van der Waals surface area contributed by atoms with Crippen molar-refractivity contribution >= 4 is 22.9 Å². The van der Waals surface area contributed by atoms with E-state index in [9.17, 15) is 5.11 Å². The van der Waals surface area contributed by atoms with Crippen molar-refractivity contribution in [3.63, 3.8) is 0 Å². The quantitative estimate of drug-likeness (QED) is 0.805. The fourth-order valence-electron chi connectivity index (χ4n) is 1.56. The molecule has 0 aromatic carbocycles. The highest BCUT2D eigenvalue weighted by Crippen LogP contribution is 2.32. The molecule has 0 spiro atoms. The van der Waals surface area contributed by atoms with Gasteiger partial charge in [0, 0.05) is 23.4 Å². The monoisotopic (exact) mass is 217 g/mol. The van der Waals surface area contributed by atoms with Gasteiger partial charge in [-0.15, -0.1) is 11.3 Å². The van der Waals surface area contributed by atoms with Gasteiger partial charge in [0.15, 0.2) is 0 Å². The number of halogens is 1. The van der Waals surface area contributed by atoms with Crippen LogP contribution in [-0.4, -0.2) is 24.8 Å². The fourth-order valence-corrected chi connectivity index (χ4v) is 2.84. The Morgan fingerprint density at radius 3 is 2.77 bits per heavy atom. The van der Waals surface area contributed by atoms with Gasteiger partial charge in [0.2, 0.25) is 0 Å². The van der Waals surface area contributed by atoms with Crippen LogP contribution in [0, 0.1) is 5.41 Å². The smallest absolute Gasteiger partial charge is 0.0545 e. The standard InChI is InChI=1S/C9H12ClNOS/c10-7-1-2-13-8(7)3-9(6-12)4-11-5-9/h1-2,11-12H,3-6H2. The summed E-state index contributed by atoms with van der Waals surface area (Å²) in [6.45, 7) is 2.05. The lowest BCUT2D eigenvalue weighted by Crippen LogP contribution is -2.56. The number of hydrogen-bond donors (Lipinski definition) is 2. The maximum Gasteiger partial charge on any atom is 0.0545 e. The van der Waals surface area contributed by atoms with Crippen molar-refractivity contribution in [1.82, 2.24) is 5.32 Å². The Kier molecular flexibility index (Phi) is 2.60. The third-order valence-electron chi connectivity index (χ3n) is 2.56. The highest BCUT2D eigenvalue weighted by molar-refractivity contribution is 7.10. The maximum atomic E-state index is 9.25. The van der Waals surface area contributed by atoms with Gasteiger partial charge in [0.05, 0.1) is 11.6 Å². The third-order valence-corrected chi connectivity index (χ3v) is 3.95. The molecule has 1 saturated heterocycles. The van der Waals surface area contributed by atoms with Gasteiger partial charge in [-0.1, -0.05) is 11.6 Å². The SMILES string of the molecule is OCC1(Cc2sccc2Cl)CNC1. The molecule has 1 aliphatic rings. The molecule has 0 saturated carbocycles. The molecule has 1 aliphatic heterocycles. The van der Waals surface area contributed by atoms with E-state index in [1.165, 1.54) is 4.88 Å². The van der Waals surface area contributed by atoms with Crippen LogP contribution in [0.25, 0.3) is 0 Å². The van der Waals surface area contributed by atoms with E-state index in [1.54, 1.807) is 11.3 Å². The van der Waals surface area contributed by atoms with Crippen LogP contribution < -0.4 is 5.32 Å². The van der Waals surface area contributed by atoms with E-state index < -0.39 is 0 Å². The van der Waals surface area contributed by atoms with Crippen LogP contribution >= 0.6 is 22.9 Å². The fraction of sp³-hybridized carbons (Fsp3) is 0.556. The number of hydrogen-bond acceptors (Lipinski definition) is 3. The predicted molar refractivity (Wildman–Crippen MR) is 55.4 cm³/mol. The van der Waals surface area contributed by atoms with Crippen LogP contribution in [0.3, 0.4) is 0 Å².